The van der Waals surface area contributed by atoms with Crippen molar-refractivity contribution >= 4 is 29.9 Å². The number of hydrogen-bond donors (Lipinski definition) is 2. The van der Waals surface area contributed by atoms with E-state index < -0.39 is 0 Å². The van der Waals surface area contributed by atoms with Crippen LogP contribution in [-0.2, 0) is 6.54 Å². The number of hydrogen-bond acceptors (Lipinski definition) is 3. The Labute approximate surface area is 144 Å². The molecule has 0 radical (unpaired) electrons. The van der Waals surface area contributed by atoms with Gasteiger partial charge in [-0.2, -0.15) is 0 Å². The average molecular weight is 406 g/mol. The van der Waals surface area contributed by atoms with Gasteiger partial charge in [-0.05, 0) is 18.8 Å². The second kappa shape index (κ2) is 10.9. The summed E-state index contributed by atoms with van der Waals surface area (Å²) in [5.74, 6) is 1.78. The van der Waals surface area contributed by atoms with E-state index in [1.165, 1.54) is 44.9 Å². The summed E-state index contributed by atoms with van der Waals surface area (Å²) in [5, 5.41) is 10.4. The monoisotopic (exact) mass is 406 g/mol. The van der Waals surface area contributed by atoms with E-state index in [1.54, 1.807) is 13.3 Å². The van der Waals surface area contributed by atoms with Crippen LogP contribution in [0, 0.1) is 5.92 Å². The minimum absolute atomic E-state index is 0. The lowest BCUT2D eigenvalue weighted by molar-refractivity contribution is 0.332. The van der Waals surface area contributed by atoms with Crippen molar-refractivity contribution in [3.8, 4) is 0 Å². The van der Waals surface area contributed by atoms with Crippen molar-refractivity contribution in [3.63, 3.8) is 0 Å². The Morgan fingerprint density at radius 2 is 2.14 bits per heavy atom. The fraction of sp³-hybridized carbons (Fsp3) is 0.733. The molecule has 0 unspecified atom stereocenters. The smallest absolute Gasteiger partial charge is 0.191 e. The molecular formula is C15H27IN4O. The molecule has 2 N–H and O–H groups in total. The highest BCUT2D eigenvalue weighted by Gasteiger charge is 2.12. The lowest BCUT2D eigenvalue weighted by atomic mass is 9.86. The van der Waals surface area contributed by atoms with Crippen molar-refractivity contribution in [1.29, 1.82) is 0 Å². The van der Waals surface area contributed by atoms with Gasteiger partial charge in [-0.1, -0.05) is 37.3 Å². The van der Waals surface area contributed by atoms with Gasteiger partial charge in [0.2, 0.25) is 0 Å². The Morgan fingerprint density at radius 1 is 1.33 bits per heavy atom. The Kier molecular flexibility index (Phi) is 9.45. The zero-order chi connectivity index (χ0) is 14.0. The highest BCUT2D eigenvalue weighted by molar-refractivity contribution is 14.0. The zero-order valence-electron chi connectivity index (χ0n) is 12.8. The number of guanidine groups is 1. The summed E-state index contributed by atoms with van der Waals surface area (Å²) in [6.07, 6.45) is 11.3. The molecule has 1 saturated carbocycles. The lowest BCUT2D eigenvalue weighted by Crippen LogP contribution is -2.37. The summed E-state index contributed by atoms with van der Waals surface area (Å²) >= 11 is 0. The first-order valence-corrected chi connectivity index (χ1v) is 7.72. The Balaban J connectivity index is 0.00000220. The van der Waals surface area contributed by atoms with Gasteiger partial charge >= 0.3 is 0 Å². The molecule has 0 spiro atoms. The van der Waals surface area contributed by atoms with Gasteiger partial charge < -0.3 is 15.2 Å². The molecule has 0 aliphatic heterocycles. The molecule has 1 fully saturated rings. The SMILES string of the molecule is CN=C(NCCCC1CCCCC1)NCc1ccon1.I. The Hall–Kier alpha value is -0.790. The maximum atomic E-state index is 4.80. The highest BCUT2D eigenvalue weighted by atomic mass is 127. The van der Waals surface area contributed by atoms with Gasteiger partial charge in [0.15, 0.2) is 5.96 Å². The van der Waals surface area contributed by atoms with Crippen LogP contribution in [0.4, 0.5) is 0 Å². The number of rotatable bonds is 6. The normalized spacial score (nSPS) is 16.3. The largest absolute Gasteiger partial charge is 0.364 e. The third-order valence-corrected chi connectivity index (χ3v) is 3.96. The molecule has 5 nitrogen and oxygen atoms in total. The van der Waals surface area contributed by atoms with Crippen LogP contribution in [0.25, 0.3) is 0 Å². The first kappa shape index (κ1) is 18.3. The molecule has 0 atom stereocenters. The van der Waals surface area contributed by atoms with E-state index >= 15 is 0 Å². The van der Waals surface area contributed by atoms with Gasteiger partial charge in [0.05, 0.1) is 6.54 Å². The fourth-order valence-electron chi connectivity index (χ4n) is 2.80. The molecule has 120 valence electrons. The van der Waals surface area contributed by atoms with Crippen LogP contribution in [0.2, 0.25) is 0 Å². The van der Waals surface area contributed by atoms with E-state index in [4.69, 9.17) is 4.52 Å². The van der Waals surface area contributed by atoms with Crippen LogP contribution in [0.3, 0.4) is 0 Å². The van der Waals surface area contributed by atoms with Crippen molar-refractivity contribution in [2.24, 2.45) is 10.9 Å². The van der Waals surface area contributed by atoms with Crippen molar-refractivity contribution in [1.82, 2.24) is 15.8 Å². The average Bonchev–Trinajstić information content (AvgIpc) is 3.01. The summed E-state index contributed by atoms with van der Waals surface area (Å²) < 4.78 is 4.80. The predicted octanol–water partition coefficient (Wildman–Crippen LogP) is 3.32. The number of aliphatic imine (C=N–C) groups is 1. The summed E-state index contributed by atoms with van der Waals surface area (Å²) in [7, 11) is 1.79. The molecule has 0 amide bonds. The van der Waals surface area contributed by atoms with Crippen molar-refractivity contribution in [2.45, 2.75) is 51.5 Å². The lowest BCUT2D eigenvalue weighted by Gasteiger charge is -2.21. The molecule has 1 aromatic rings. The topological polar surface area (TPSA) is 62.5 Å². The molecule has 0 aromatic carbocycles. The second-order valence-corrected chi connectivity index (χ2v) is 5.49. The highest BCUT2D eigenvalue weighted by Crippen LogP contribution is 2.26. The van der Waals surface area contributed by atoms with Gasteiger partial charge in [-0.3, -0.25) is 4.99 Å². The van der Waals surface area contributed by atoms with Crippen molar-refractivity contribution in [3.05, 3.63) is 18.0 Å². The molecule has 21 heavy (non-hydrogen) atoms. The molecule has 6 heteroatoms. The molecule has 0 bridgehead atoms. The molecular weight excluding hydrogens is 379 g/mol. The van der Waals surface area contributed by atoms with E-state index in [0.29, 0.717) is 6.54 Å². The third kappa shape index (κ3) is 7.15. The molecule has 1 aliphatic rings. The zero-order valence-corrected chi connectivity index (χ0v) is 15.1. The molecule has 1 aliphatic carbocycles. The maximum Gasteiger partial charge on any atom is 0.191 e. The summed E-state index contributed by atoms with van der Waals surface area (Å²) in [6.45, 7) is 1.62. The van der Waals surface area contributed by atoms with E-state index in [0.717, 1.165) is 24.1 Å². The number of halogens is 1. The van der Waals surface area contributed by atoms with Crippen molar-refractivity contribution in [2.75, 3.05) is 13.6 Å². The number of nitrogens with one attached hydrogen (secondary N) is 2. The van der Waals surface area contributed by atoms with Gasteiger partial charge in [0.25, 0.3) is 0 Å². The predicted molar refractivity (Wildman–Crippen MR) is 95.9 cm³/mol. The second-order valence-electron chi connectivity index (χ2n) is 5.49. The van der Waals surface area contributed by atoms with E-state index in [9.17, 15) is 0 Å². The summed E-state index contributed by atoms with van der Waals surface area (Å²) in [5.41, 5.74) is 0.884. The molecule has 0 saturated heterocycles. The van der Waals surface area contributed by atoms with Crippen LogP contribution >= 0.6 is 24.0 Å². The standard InChI is InChI=1S/C15H26N4O.HI/c1-16-15(18-12-14-9-11-20-19-14)17-10-5-8-13-6-3-2-4-7-13;/h9,11,13H,2-8,10,12H2,1H3,(H2,16,17,18);1H. The van der Waals surface area contributed by atoms with Gasteiger partial charge in [-0.25, -0.2) is 0 Å². The van der Waals surface area contributed by atoms with Crippen molar-refractivity contribution < 1.29 is 4.52 Å². The van der Waals surface area contributed by atoms with Crippen LogP contribution in [0.15, 0.2) is 21.8 Å². The first-order chi connectivity index (χ1) is 9.88. The summed E-state index contributed by atoms with van der Waals surface area (Å²) in [4.78, 5) is 4.21. The quantitative estimate of drug-likeness (QED) is 0.329. The van der Waals surface area contributed by atoms with Gasteiger partial charge in [0.1, 0.15) is 12.0 Å². The molecule has 1 heterocycles. The Morgan fingerprint density at radius 3 is 2.81 bits per heavy atom. The van der Waals surface area contributed by atoms with Crippen LogP contribution in [-0.4, -0.2) is 24.7 Å². The van der Waals surface area contributed by atoms with E-state index in [-0.39, 0.29) is 24.0 Å². The maximum absolute atomic E-state index is 4.80. The first-order valence-electron chi connectivity index (χ1n) is 7.72. The molecule has 2 rings (SSSR count). The van der Waals surface area contributed by atoms with Crippen LogP contribution < -0.4 is 10.6 Å². The van der Waals surface area contributed by atoms with E-state index in [1.807, 2.05) is 6.07 Å². The fourth-order valence-corrected chi connectivity index (χ4v) is 2.80. The summed E-state index contributed by atoms with van der Waals surface area (Å²) in [6, 6.07) is 1.85. The van der Waals surface area contributed by atoms with Gasteiger partial charge in [0, 0.05) is 19.7 Å². The Bertz CT molecular complexity index is 388. The number of aromatic nitrogens is 1. The van der Waals surface area contributed by atoms with Crippen LogP contribution in [0.1, 0.15) is 50.6 Å². The third-order valence-electron chi connectivity index (χ3n) is 3.96. The van der Waals surface area contributed by atoms with Gasteiger partial charge in [-0.15, -0.1) is 24.0 Å². The number of nitrogens with zero attached hydrogens (tertiary/aromatic N) is 2. The van der Waals surface area contributed by atoms with Crippen LogP contribution in [0.5, 0.6) is 0 Å². The minimum atomic E-state index is 0. The minimum Gasteiger partial charge on any atom is -0.364 e. The van der Waals surface area contributed by atoms with E-state index in [2.05, 4.69) is 20.8 Å². The molecule has 1 aromatic heterocycles.